The van der Waals surface area contributed by atoms with Gasteiger partial charge in [-0.05, 0) is 55.5 Å². The number of anilines is 3. The number of carbonyl (C=O) groups excluding carboxylic acids is 1. The van der Waals surface area contributed by atoms with E-state index in [1.54, 1.807) is 6.20 Å². The van der Waals surface area contributed by atoms with E-state index in [4.69, 9.17) is 0 Å². The van der Waals surface area contributed by atoms with Crippen LogP contribution in [0.1, 0.15) is 29.7 Å². The molecule has 1 amide bonds. The monoisotopic (exact) mass is 370 g/mol. The first kappa shape index (κ1) is 16.9. The number of para-hydroxylation sites is 2. The second kappa shape index (κ2) is 7.08. The molecule has 1 atom stereocenters. The van der Waals surface area contributed by atoms with Crippen LogP contribution in [0.2, 0.25) is 0 Å². The number of hydrogen-bond acceptors (Lipinski definition) is 4. The van der Waals surface area contributed by atoms with Crippen molar-refractivity contribution in [1.29, 1.82) is 0 Å². The third-order valence-corrected chi connectivity index (χ3v) is 5.70. The van der Waals surface area contributed by atoms with E-state index in [9.17, 15) is 4.79 Å². The summed E-state index contributed by atoms with van der Waals surface area (Å²) in [4.78, 5) is 24.6. The summed E-state index contributed by atoms with van der Waals surface area (Å²) >= 11 is 0. The smallest absolute Gasteiger partial charge is 0.230 e. The Balaban J connectivity index is 1.52. The molecule has 2 aromatic heterocycles. The maximum absolute atomic E-state index is 13.7. The van der Waals surface area contributed by atoms with Crippen LogP contribution >= 0.6 is 0 Å². The predicted molar refractivity (Wildman–Crippen MR) is 110 cm³/mol. The molecule has 0 spiro atoms. The van der Waals surface area contributed by atoms with Gasteiger partial charge in [0.25, 0.3) is 0 Å². The lowest BCUT2D eigenvalue weighted by atomic mass is 9.95. The van der Waals surface area contributed by atoms with E-state index < -0.39 is 0 Å². The van der Waals surface area contributed by atoms with Crippen molar-refractivity contribution in [3.63, 3.8) is 0 Å². The molecule has 5 nitrogen and oxygen atoms in total. The Labute approximate surface area is 164 Å². The van der Waals surface area contributed by atoms with Crippen LogP contribution in [0.4, 0.5) is 17.2 Å². The Morgan fingerprint density at radius 2 is 1.82 bits per heavy atom. The summed E-state index contributed by atoms with van der Waals surface area (Å²) in [5.41, 5.74) is 5.22. The summed E-state index contributed by atoms with van der Waals surface area (Å²) in [6, 6.07) is 16.0. The normalized spacial score (nSPS) is 18.0. The lowest BCUT2D eigenvalue weighted by Gasteiger charge is -2.27. The van der Waals surface area contributed by atoms with Crippen molar-refractivity contribution in [2.75, 3.05) is 10.2 Å². The molecular weight excluding hydrogens is 348 g/mol. The van der Waals surface area contributed by atoms with Gasteiger partial charge in [0.15, 0.2) is 0 Å². The van der Waals surface area contributed by atoms with Gasteiger partial charge in [0.1, 0.15) is 5.82 Å². The Bertz CT molecular complexity index is 1030. The molecule has 3 heterocycles. The van der Waals surface area contributed by atoms with Crippen LogP contribution in [0, 0.1) is 5.92 Å². The van der Waals surface area contributed by atoms with Crippen LogP contribution in [0.3, 0.4) is 0 Å². The largest absolute Gasteiger partial charge is 0.338 e. The highest BCUT2D eigenvalue weighted by Gasteiger charge is 2.31. The number of fused-ring (bicyclic) bond motifs is 3. The summed E-state index contributed by atoms with van der Waals surface area (Å²) in [6.07, 6.45) is 7.22. The number of benzene rings is 1. The van der Waals surface area contributed by atoms with Crippen LogP contribution in [0.5, 0.6) is 0 Å². The van der Waals surface area contributed by atoms with Gasteiger partial charge in [-0.1, -0.05) is 24.3 Å². The number of hydrogen-bond donors (Lipinski definition) is 1. The van der Waals surface area contributed by atoms with Crippen LogP contribution in [-0.2, 0) is 24.2 Å². The van der Waals surface area contributed by atoms with Gasteiger partial charge < -0.3 is 10.2 Å². The molecule has 5 rings (SSSR count). The number of aryl methyl sites for hydroxylation is 1. The molecule has 28 heavy (non-hydrogen) atoms. The van der Waals surface area contributed by atoms with Crippen molar-refractivity contribution < 1.29 is 4.79 Å². The van der Waals surface area contributed by atoms with E-state index in [0.717, 1.165) is 54.1 Å². The molecule has 0 fully saturated rings. The zero-order chi connectivity index (χ0) is 18.9. The summed E-state index contributed by atoms with van der Waals surface area (Å²) in [7, 11) is 0. The highest BCUT2D eigenvalue weighted by Crippen LogP contribution is 2.36. The number of rotatable bonds is 1. The van der Waals surface area contributed by atoms with Gasteiger partial charge in [-0.2, -0.15) is 0 Å². The van der Waals surface area contributed by atoms with E-state index >= 15 is 0 Å². The molecule has 1 unspecified atom stereocenters. The maximum Gasteiger partial charge on any atom is 0.230 e. The highest BCUT2D eigenvalue weighted by molar-refractivity contribution is 5.99. The van der Waals surface area contributed by atoms with E-state index in [1.165, 1.54) is 5.56 Å². The van der Waals surface area contributed by atoms with Gasteiger partial charge in [-0.25, -0.2) is 4.98 Å². The fraction of sp³-hybridized carbons (Fsp3) is 0.261. The van der Waals surface area contributed by atoms with Crippen molar-refractivity contribution in [2.24, 2.45) is 5.92 Å². The summed E-state index contributed by atoms with van der Waals surface area (Å²) in [6.45, 7) is 0.530. The fourth-order valence-corrected chi connectivity index (χ4v) is 4.27. The lowest BCUT2D eigenvalue weighted by Crippen LogP contribution is -2.36. The molecule has 1 aromatic carbocycles. The van der Waals surface area contributed by atoms with E-state index in [1.807, 2.05) is 53.6 Å². The summed E-state index contributed by atoms with van der Waals surface area (Å²) in [5, 5.41) is 3.40. The Morgan fingerprint density at radius 1 is 1.00 bits per heavy atom. The number of amides is 1. The summed E-state index contributed by atoms with van der Waals surface area (Å²) in [5.74, 6) is 0.972. The molecular formula is C23H22N4O. The third kappa shape index (κ3) is 3.03. The van der Waals surface area contributed by atoms with Crippen molar-refractivity contribution in [1.82, 2.24) is 9.97 Å². The highest BCUT2D eigenvalue weighted by atomic mass is 16.2. The predicted octanol–water partition coefficient (Wildman–Crippen LogP) is 4.26. The zero-order valence-corrected chi connectivity index (χ0v) is 15.6. The van der Waals surface area contributed by atoms with Gasteiger partial charge >= 0.3 is 0 Å². The molecule has 1 aliphatic carbocycles. The SMILES string of the molecule is O=C(C1CCCc2ncccc2C1)N1Cc2cccnc2Nc2ccccc21. The van der Waals surface area contributed by atoms with Crippen molar-refractivity contribution >= 4 is 23.1 Å². The lowest BCUT2D eigenvalue weighted by molar-refractivity contribution is -0.122. The Kier molecular flexibility index (Phi) is 4.28. The summed E-state index contributed by atoms with van der Waals surface area (Å²) < 4.78 is 0. The standard InChI is InChI=1S/C23H22N4O/c28-23(17-6-3-10-19-16(14-17)7-4-12-24-19)27-15-18-8-5-13-25-22(18)26-20-9-1-2-11-21(20)27/h1-2,4-5,7-9,11-13,17H,3,6,10,14-15H2,(H,25,26). The van der Waals surface area contributed by atoms with Crippen molar-refractivity contribution in [3.05, 3.63) is 77.7 Å². The second-order valence-corrected chi connectivity index (χ2v) is 7.48. The second-order valence-electron chi connectivity index (χ2n) is 7.48. The average molecular weight is 370 g/mol. The molecule has 2 aliphatic rings. The number of carbonyl (C=O) groups is 1. The van der Waals surface area contributed by atoms with E-state index in [-0.39, 0.29) is 11.8 Å². The first-order valence-electron chi connectivity index (χ1n) is 9.84. The van der Waals surface area contributed by atoms with Gasteiger partial charge in [-0.15, -0.1) is 0 Å². The van der Waals surface area contributed by atoms with Crippen molar-refractivity contribution in [2.45, 2.75) is 32.2 Å². The van der Waals surface area contributed by atoms with Crippen LogP contribution in [-0.4, -0.2) is 15.9 Å². The van der Waals surface area contributed by atoms with Crippen LogP contribution in [0.15, 0.2) is 60.9 Å². The zero-order valence-electron chi connectivity index (χ0n) is 15.6. The molecule has 1 N–H and O–H groups in total. The number of nitrogens with zero attached hydrogens (tertiary/aromatic N) is 3. The number of pyridine rings is 2. The minimum absolute atomic E-state index is 0.0308. The van der Waals surface area contributed by atoms with Gasteiger partial charge in [0, 0.05) is 29.6 Å². The van der Waals surface area contributed by atoms with E-state index in [2.05, 4.69) is 21.4 Å². The number of nitrogens with one attached hydrogen (secondary N) is 1. The molecule has 0 saturated heterocycles. The van der Waals surface area contributed by atoms with E-state index in [0.29, 0.717) is 6.54 Å². The first-order chi connectivity index (χ1) is 13.8. The first-order valence-corrected chi connectivity index (χ1v) is 9.84. The molecule has 1 aliphatic heterocycles. The third-order valence-electron chi connectivity index (χ3n) is 5.70. The fourth-order valence-electron chi connectivity index (χ4n) is 4.27. The molecule has 0 bridgehead atoms. The van der Waals surface area contributed by atoms with Crippen LogP contribution < -0.4 is 10.2 Å². The van der Waals surface area contributed by atoms with Gasteiger partial charge in [-0.3, -0.25) is 9.78 Å². The Morgan fingerprint density at radius 3 is 2.75 bits per heavy atom. The maximum atomic E-state index is 13.7. The Hall–Kier alpha value is -3.21. The minimum atomic E-state index is -0.0308. The number of aromatic nitrogens is 2. The minimum Gasteiger partial charge on any atom is -0.338 e. The molecule has 140 valence electrons. The average Bonchev–Trinajstić information content (AvgIpc) is 3.05. The van der Waals surface area contributed by atoms with Crippen LogP contribution in [0.25, 0.3) is 0 Å². The topological polar surface area (TPSA) is 58.1 Å². The molecule has 3 aromatic rings. The quantitative estimate of drug-likeness (QED) is 0.650. The van der Waals surface area contributed by atoms with Crippen molar-refractivity contribution in [3.8, 4) is 0 Å². The van der Waals surface area contributed by atoms with Gasteiger partial charge in [0.05, 0.1) is 17.9 Å². The molecule has 5 heteroatoms. The molecule has 0 radical (unpaired) electrons. The van der Waals surface area contributed by atoms with Gasteiger partial charge in [0.2, 0.25) is 5.91 Å². The molecule has 0 saturated carbocycles.